The average molecular weight is 488 g/mol. The lowest BCUT2D eigenvalue weighted by molar-refractivity contribution is -0.131. The first-order valence-electron chi connectivity index (χ1n) is 10.3. The van der Waals surface area contributed by atoms with E-state index in [1.165, 1.54) is 16.7 Å². The number of methoxy groups -OCH3 is 1. The van der Waals surface area contributed by atoms with Crippen molar-refractivity contribution in [1.29, 1.82) is 0 Å². The standard InChI is InChI=1S/C23H26ClN5O3S/c1-15(2)29-22(16-9-11-17(32-4)12-10-16)26-27-23(29)33-14-21(31)28(3)13-20(30)25-19-8-6-5-7-18(19)24/h5-12,15H,13-14H2,1-4H3,(H,25,30). The van der Waals surface area contributed by atoms with Crippen molar-refractivity contribution in [3.05, 3.63) is 53.6 Å². The van der Waals surface area contributed by atoms with E-state index in [0.29, 0.717) is 15.9 Å². The molecule has 0 atom stereocenters. The molecule has 33 heavy (non-hydrogen) atoms. The molecule has 8 nitrogen and oxygen atoms in total. The highest BCUT2D eigenvalue weighted by Crippen LogP contribution is 2.29. The highest BCUT2D eigenvalue weighted by atomic mass is 35.5. The van der Waals surface area contributed by atoms with Crippen molar-refractivity contribution >= 4 is 40.9 Å². The molecule has 2 amide bonds. The number of nitrogens with zero attached hydrogens (tertiary/aromatic N) is 4. The zero-order chi connectivity index (χ0) is 24.0. The molecule has 174 valence electrons. The van der Waals surface area contributed by atoms with Crippen LogP contribution in [0.25, 0.3) is 11.4 Å². The first-order valence-corrected chi connectivity index (χ1v) is 11.7. The zero-order valence-electron chi connectivity index (χ0n) is 18.9. The van der Waals surface area contributed by atoms with Gasteiger partial charge in [0.05, 0.1) is 30.1 Å². The predicted molar refractivity (Wildman–Crippen MR) is 131 cm³/mol. The highest BCUT2D eigenvalue weighted by molar-refractivity contribution is 7.99. The van der Waals surface area contributed by atoms with Gasteiger partial charge in [-0.1, -0.05) is 35.5 Å². The van der Waals surface area contributed by atoms with E-state index in [1.54, 1.807) is 38.4 Å². The summed E-state index contributed by atoms with van der Waals surface area (Å²) in [6.07, 6.45) is 0. The van der Waals surface area contributed by atoms with Gasteiger partial charge in [-0.15, -0.1) is 10.2 Å². The van der Waals surface area contributed by atoms with E-state index < -0.39 is 0 Å². The minimum Gasteiger partial charge on any atom is -0.497 e. The summed E-state index contributed by atoms with van der Waals surface area (Å²) < 4.78 is 7.21. The van der Waals surface area contributed by atoms with Gasteiger partial charge in [-0.05, 0) is 50.2 Å². The fraction of sp³-hybridized carbons (Fsp3) is 0.304. The average Bonchev–Trinajstić information content (AvgIpc) is 3.23. The maximum absolute atomic E-state index is 12.6. The molecule has 0 fully saturated rings. The molecule has 0 unspecified atom stereocenters. The van der Waals surface area contributed by atoms with Gasteiger partial charge >= 0.3 is 0 Å². The number of anilines is 1. The van der Waals surface area contributed by atoms with Crippen LogP contribution in [0.4, 0.5) is 5.69 Å². The number of thioether (sulfide) groups is 1. The van der Waals surface area contributed by atoms with E-state index in [9.17, 15) is 9.59 Å². The Balaban J connectivity index is 1.62. The number of amides is 2. The third-order valence-electron chi connectivity index (χ3n) is 4.81. The van der Waals surface area contributed by atoms with Crippen LogP contribution < -0.4 is 10.1 Å². The molecule has 1 N–H and O–H groups in total. The van der Waals surface area contributed by atoms with Gasteiger partial charge in [0.2, 0.25) is 11.8 Å². The molecule has 0 aliphatic rings. The first-order chi connectivity index (χ1) is 15.8. The maximum Gasteiger partial charge on any atom is 0.244 e. The molecule has 1 heterocycles. The molecular weight excluding hydrogens is 462 g/mol. The summed E-state index contributed by atoms with van der Waals surface area (Å²) in [5.41, 5.74) is 1.42. The molecule has 3 rings (SSSR count). The summed E-state index contributed by atoms with van der Waals surface area (Å²) >= 11 is 7.36. The van der Waals surface area contributed by atoms with Crippen LogP contribution in [0.15, 0.2) is 53.7 Å². The number of carbonyl (C=O) groups is 2. The number of benzene rings is 2. The zero-order valence-corrected chi connectivity index (χ0v) is 20.5. The van der Waals surface area contributed by atoms with Gasteiger partial charge in [0.1, 0.15) is 5.75 Å². The number of hydrogen-bond donors (Lipinski definition) is 1. The fourth-order valence-corrected chi connectivity index (χ4v) is 4.26. The van der Waals surface area contributed by atoms with Crippen molar-refractivity contribution in [3.63, 3.8) is 0 Å². The molecule has 3 aromatic rings. The Morgan fingerprint density at radius 3 is 2.48 bits per heavy atom. The van der Waals surface area contributed by atoms with Crippen molar-refractivity contribution in [3.8, 4) is 17.1 Å². The van der Waals surface area contributed by atoms with Crippen molar-refractivity contribution in [2.75, 3.05) is 31.8 Å². The number of likely N-dealkylation sites (N-methyl/N-ethyl adjacent to an activating group) is 1. The molecular formula is C23H26ClN5O3S. The van der Waals surface area contributed by atoms with E-state index in [1.807, 2.05) is 42.7 Å². The Kier molecular flexibility index (Phi) is 8.35. The number of carbonyl (C=O) groups excluding carboxylic acids is 2. The van der Waals surface area contributed by atoms with Gasteiger partial charge in [-0.2, -0.15) is 0 Å². The lowest BCUT2D eigenvalue weighted by Crippen LogP contribution is -2.36. The van der Waals surface area contributed by atoms with Crippen molar-refractivity contribution in [1.82, 2.24) is 19.7 Å². The smallest absolute Gasteiger partial charge is 0.244 e. The second kappa shape index (κ2) is 11.2. The summed E-state index contributed by atoms with van der Waals surface area (Å²) in [7, 11) is 3.21. The first kappa shape index (κ1) is 24.6. The van der Waals surface area contributed by atoms with Gasteiger partial charge in [0, 0.05) is 18.7 Å². The lowest BCUT2D eigenvalue weighted by Gasteiger charge is -2.18. The van der Waals surface area contributed by atoms with Crippen LogP contribution in [0.1, 0.15) is 19.9 Å². The Hall–Kier alpha value is -3.04. The van der Waals surface area contributed by atoms with Crippen LogP contribution in [0, 0.1) is 0 Å². The Labute approximate surface area is 202 Å². The van der Waals surface area contributed by atoms with Crippen LogP contribution in [-0.2, 0) is 9.59 Å². The summed E-state index contributed by atoms with van der Waals surface area (Å²) in [6, 6.07) is 14.6. The Bertz CT molecular complexity index is 1120. The van der Waals surface area contributed by atoms with Gasteiger partial charge in [-0.3, -0.25) is 14.2 Å². The molecule has 0 bridgehead atoms. The number of rotatable bonds is 9. The van der Waals surface area contributed by atoms with E-state index >= 15 is 0 Å². The molecule has 0 saturated heterocycles. The lowest BCUT2D eigenvalue weighted by atomic mass is 10.2. The third kappa shape index (κ3) is 6.27. The number of aromatic nitrogens is 3. The fourth-order valence-electron chi connectivity index (χ4n) is 3.07. The summed E-state index contributed by atoms with van der Waals surface area (Å²) in [4.78, 5) is 26.3. The van der Waals surface area contributed by atoms with Gasteiger partial charge < -0.3 is 15.0 Å². The number of para-hydroxylation sites is 1. The topological polar surface area (TPSA) is 89.4 Å². The minimum absolute atomic E-state index is 0.0847. The summed E-state index contributed by atoms with van der Waals surface area (Å²) in [5, 5.41) is 12.4. The van der Waals surface area contributed by atoms with E-state index in [-0.39, 0.29) is 30.2 Å². The number of halogens is 1. The molecule has 0 saturated carbocycles. The van der Waals surface area contributed by atoms with Gasteiger partial charge in [0.15, 0.2) is 11.0 Å². The predicted octanol–water partition coefficient (Wildman–Crippen LogP) is 4.38. The quantitative estimate of drug-likeness (QED) is 0.450. The summed E-state index contributed by atoms with van der Waals surface area (Å²) in [6.45, 7) is 3.99. The van der Waals surface area contributed by atoms with E-state index in [0.717, 1.165) is 17.1 Å². The van der Waals surface area contributed by atoms with Crippen molar-refractivity contribution in [2.24, 2.45) is 0 Å². The second-order valence-electron chi connectivity index (χ2n) is 7.56. The Morgan fingerprint density at radius 2 is 1.85 bits per heavy atom. The molecule has 0 spiro atoms. The number of ether oxygens (including phenoxy) is 1. The minimum atomic E-state index is -0.323. The van der Waals surface area contributed by atoms with Crippen LogP contribution in [-0.4, -0.2) is 57.9 Å². The summed E-state index contributed by atoms with van der Waals surface area (Å²) in [5.74, 6) is 1.09. The molecule has 2 aromatic carbocycles. The second-order valence-corrected chi connectivity index (χ2v) is 8.91. The maximum atomic E-state index is 12.6. The third-order valence-corrected chi connectivity index (χ3v) is 6.07. The molecule has 0 aliphatic carbocycles. The molecule has 1 aromatic heterocycles. The van der Waals surface area contributed by atoms with E-state index in [4.69, 9.17) is 16.3 Å². The number of hydrogen-bond acceptors (Lipinski definition) is 6. The Morgan fingerprint density at radius 1 is 1.15 bits per heavy atom. The molecule has 0 radical (unpaired) electrons. The molecule has 10 heteroatoms. The van der Waals surface area contributed by atoms with E-state index in [2.05, 4.69) is 15.5 Å². The van der Waals surface area contributed by atoms with Crippen LogP contribution in [0.2, 0.25) is 5.02 Å². The normalized spacial score (nSPS) is 10.8. The molecule has 0 aliphatic heterocycles. The van der Waals surface area contributed by atoms with Crippen LogP contribution >= 0.6 is 23.4 Å². The van der Waals surface area contributed by atoms with Gasteiger partial charge in [-0.25, -0.2) is 0 Å². The SMILES string of the molecule is COc1ccc(-c2nnc(SCC(=O)N(C)CC(=O)Nc3ccccc3Cl)n2C(C)C)cc1. The highest BCUT2D eigenvalue weighted by Gasteiger charge is 2.20. The monoisotopic (exact) mass is 487 g/mol. The van der Waals surface area contributed by atoms with Crippen molar-refractivity contribution < 1.29 is 14.3 Å². The van der Waals surface area contributed by atoms with Gasteiger partial charge in [0.25, 0.3) is 0 Å². The van der Waals surface area contributed by atoms with Crippen LogP contribution in [0.5, 0.6) is 5.75 Å². The van der Waals surface area contributed by atoms with Crippen molar-refractivity contribution in [2.45, 2.75) is 25.0 Å². The largest absolute Gasteiger partial charge is 0.497 e. The number of nitrogens with one attached hydrogen (secondary N) is 1. The van der Waals surface area contributed by atoms with Crippen LogP contribution in [0.3, 0.4) is 0 Å².